The normalized spacial score (nSPS) is 13.3. The maximum absolute atomic E-state index is 12.9. The zero-order valence-corrected chi connectivity index (χ0v) is 14.0. The van der Waals surface area contributed by atoms with Gasteiger partial charge < -0.3 is 9.64 Å². The summed E-state index contributed by atoms with van der Waals surface area (Å²) in [6.45, 7) is 1.99. The molecular weight excluding hydrogens is 335 g/mol. The molecule has 4 rings (SSSR count). The van der Waals surface area contributed by atoms with Gasteiger partial charge in [0.25, 0.3) is 5.91 Å². The van der Waals surface area contributed by atoms with Crippen LogP contribution in [-0.4, -0.2) is 32.1 Å². The molecule has 3 heterocycles. The minimum atomic E-state index is -0.599. The molecule has 0 bridgehead atoms. The van der Waals surface area contributed by atoms with E-state index in [1.165, 1.54) is 18.3 Å². The van der Waals surface area contributed by atoms with Crippen molar-refractivity contribution in [3.63, 3.8) is 0 Å². The SMILES string of the molecule is O=C(c1ccc(F)nc1)N1CCn2nc(OCc3ccccc3)cc2C1. The van der Waals surface area contributed by atoms with E-state index in [1.54, 1.807) is 4.90 Å². The van der Waals surface area contributed by atoms with Gasteiger partial charge in [-0.2, -0.15) is 4.39 Å². The molecule has 1 aliphatic rings. The fraction of sp³-hybridized carbons (Fsp3) is 0.211. The van der Waals surface area contributed by atoms with Gasteiger partial charge in [0, 0.05) is 18.8 Å². The zero-order valence-electron chi connectivity index (χ0n) is 14.0. The number of amides is 1. The molecule has 3 aromatic rings. The first-order chi connectivity index (χ1) is 12.7. The summed E-state index contributed by atoms with van der Waals surface area (Å²) in [5.74, 6) is -0.225. The van der Waals surface area contributed by atoms with E-state index in [4.69, 9.17) is 4.74 Å². The predicted octanol–water partition coefficient (Wildman–Crippen LogP) is 2.65. The number of carbonyl (C=O) groups is 1. The Morgan fingerprint density at radius 3 is 2.77 bits per heavy atom. The number of rotatable bonds is 4. The lowest BCUT2D eigenvalue weighted by Crippen LogP contribution is -2.38. The van der Waals surface area contributed by atoms with Crippen LogP contribution in [0, 0.1) is 5.95 Å². The summed E-state index contributed by atoms with van der Waals surface area (Å²) < 4.78 is 20.5. The van der Waals surface area contributed by atoms with E-state index >= 15 is 0 Å². The monoisotopic (exact) mass is 352 g/mol. The maximum atomic E-state index is 12.9. The van der Waals surface area contributed by atoms with Crippen LogP contribution in [0.4, 0.5) is 4.39 Å². The fourth-order valence-electron chi connectivity index (χ4n) is 2.90. The Balaban J connectivity index is 1.43. The van der Waals surface area contributed by atoms with Crippen molar-refractivity contribution >= 4 is 5.91 Å². The Hall–Kier alpha value is -3.22. The first kappa shape index (κ1) is 16.3. The number of pyridine rings is 1. The molecule has 6 nitrogen and oxygen atoms in total. The molecule has 1 amide bonds. The highest BCUT2D eigenvalue weighted by molar-refractivity contribution is 5.93. The lowest BCUT2D eigenvalue weighted by atomic mass is 10.2. The smallest absolute Gasteiger partial charge is 0.255 e. The highest BCUT2D eigenvalue weighted by Gasteiger charge is 2.24. The number of hydrogen-bond donors (Lipinski definition) is 0. The average Bonchev–Trinajstić information content (AvgIpc) is 3.09. The molecule has 0 aliphatic carbocycles. The van der Waals surface area contributed by atoms with Crippen LogP contribution in [0.3, 0.4) is 0 Å². The lowest BCUT2D eigenvalue weighted by Gasteiger charge is -2.27. The van der Waals surface area contributed by atoms with Crippen LogP contribution in [0.1, 0.15) is 21.6 Å². The minimum absolute atomic E-state index is 0.170. The second-order valence-electron chi connectivity index (χ2n) is 6.07. The predicted molar refractivity (Wildman–Crippen MR) is 91.9 cm³/mol. The van der Waals surface area contributed by atoms with Gasteiger partial charge in [-0.25, -0.2) is 4.98 Å². The molecule has 0 N–H and O–H groups in total. The molecule has 0 unspecified atom stereocenters. The quantitative estimate of drug-likeness (QED) is 0.678. The van der Waals surface area contributed by atoms with E-state index in [0.29, 0.717) is 37.7 Å². The molecule has 2 aromatic heterocycles. The van der Waals surface area contributed by atoms with Gasteiger partial charge >= 0.3 is 0 Å². The second kappa shape index (κ2) is 6.95. The Morgan fingerprint density at radius 1 is 1.15 bits per heavy atom. The summed E-state index contributed by atoms with van der Waals surface area (Å²) in [4.78, 5) is 17.8. The number of benzene rings is 1. The van der Waals surface area contributed by atoms with E-state index in [0.717, 1.165) is 11.3 Å². The lowest BCUT2D eigenvalue weighted by molar-refractivity contribution is 0.0705. The zero-order chi connectivity index (χ0) is 17.9. The number of fused-ring (bicyclic) bond motifs is 1. The second-order valence-corrected chi connectivity index (χ2v) is 6.07. The minimum Gasteiger partial charge on any atom is -0.472 e. The van der Waals surface area contributed by atoms with Gasteiger partial charge in [-0.3, -0.25) is 9.48 Å². The van der Waals surface area contributed by atoms with Crippen LogP contribution in [0.25, 0.3) is 0 Å². The molecule has 1 aromatic carbocycles. The van der Waals surface area contributed by atoms with Crippen molar-refractivity contribution in [2.45, 2.75) is 19.7 Å². The molecule has 7 heteroatoms. The van der Waals surface area contributed by atoms with Gasteiger partial charge in [0.1, 0.15) is 6.61 Å². The number of hydrogen-bond acceptors (Lipinski definition) is 4. The van der Waals surface area contributed by atoms with Crippen molar-refractivity contribution in [1.29, 1.82) is 0 Å². The van der Waals surface area contributed by atoms with Gasteiger partial charge in [0.05, 0.1) is 24.3 Å². The molecule has 0 fully saturated rings. The first-order valence-electron chi connectivity index (χ1n) is 8.33. The summed E-state index contributed by atoms with van der Waals surface area (Å²) in [6, 6.07) is 14.4. The fourth-order valence-corrected chi connectivity index (χ4v) is 2.90. The number of nitrogens with zero attached hydrogens (tertiary/aromatic N) is 4. The molecule has 0 radical (unpaired) electrons. The molecule has 26 heavy (non-hydrogen) atoms. The summed E-state index contributed by atoms with van der Waals surface area (Å²) in [7, 11) is 0. The molecule has 0 spiro atoms. The maximum Gasteiger partial charge on any atom is 0.255 e. The summed E-state index contributed by atoms with van der Waals surface area (Å²) in [5.41, 5.74) is 2.35. The van der Waals surface area contributed by atoms with E-state index < -0.39 is 5.95 Å². The summed E-state index contributed by atoms with van der Waals surface area (Å²) >= 11 is 0. The Kier molecular flexibility index (Phi) is 4.35. The Morgan fingerprint density at radius 2 is 2.00 bits per heavy atom. The number of aromatic nitrogens is 3. The third-order valence-corrected chi connectivity index (χ3v) is 4.27. The average molecular weight is 352 g/mol. The third-order valence-electron chi connectivity index (χ3n) is 4.27. The highest BCUT2D eigenvalue weighted by atomic mass is 19.1. The summed E-state index contributed by atoms with van der Waals surface area (Å²) in [5, 5.41) is 4.44. The Bertz CT molecular complexity index is 909. The van der Waals surface area contributed by atoms with Crippen molar-refractivity contribution < 1.29 is 13.9 Å². The Labute approximate surface area is 149 Å². The van der Waals surface area contributed by atoms with E-state index in [2.05, 4.69) is 10.1 Å². The van der Waals surface area contributed by atoms with E-state index in [9.17, 15) is 9.18 Å². The van der Waals surface area contributed by atoms with Crippen molar-refractivity contribution in [2.24, 2.45) is 0 Å². The first-order valence-corrected chi connectivity index (χ1v) is 8.33. The van der Waals surface area contributed by atoms with Gasteiger partial charge in [0.15, 0.2) is 0 Å². The number of ether oxygens (including phenoxy) is 1. The van der Waals surface area contributed by atoms with Crippen molar-refractivity contribution in [1.82, 2.24) is 19.7 Å². The van der Waals surface area contributed by atoms with Crippen LogP contribution < -0.4 is 4.74 Å². The molecule has 1 aliphatic heterocycles. The molecular formula is C19H17FN4O2. The number of carbonyl (C=O) groups excluding carboxylic acids is 1. The summed E-state index contributed by atoms with van der Waals surface area (Å²) in [6.07, 6.45) is 1.26. The van der Waals surface area contributed by atoms with Gasteiger partial charge in [-0.15, -0.1) is 5.10 Å². The van der Waals surface area contributed by atoms with E-state index in [1.807, 2.05) is 41.1 Å². The van der Waals surface area contributed by atoms with Crippen LogP contribution >= 0.6 is 0 Å². The van der Waals surface area contributed by atoms with Crippen LogP contribution in [-0.2, 0) is 19.7 Å². The van der Waals surface area contributed by atoms with Gasteiger partial charge in [-0.1, -0.05) is 30.3 Å². The van der Waals surface area contributed by atoms with Crippen LogP contribution in [0.5, 0.6) is 5.88 Å². The molecule has 0 saturated carbocycles. The molecule has 132 valence electrons. The van der Waals surface area contributed by atoms with Crippen LogP contribution in [0.2, 0.25) is 0 Å². The van der Waals surface area contributed by atoms with Crippen LogP contribution in [0.15, 0.2) is 54.7 Å². The van der Waals surface area contributed by atoms with Gasteiger partial charge in [0.2, 0.25) is 11.8 Å². The van der Waals surface area contributed by atoms with E-state index in [-0.39, 0.29) is 5.91 Å². The standard InChI is InChI=1S/C19H17FN4O2/c20-17-7-6-15(11-21-17)19(25)23-8-9-24-16(12-23)10-18(22-24)26-13-14-4-2-1-3-5-14/h1-7,10-11H,8-9,12-13H2. The highest BCUT2D eigenvalue weighted by Crippen LogP contribution is 2.20. The topological polar surface area (TPSA) is 60.2 Å². The van der Waals surface area contributed by atoms with Gasteiger partial charge in [-0.05, 0) is 17.7 Å². The number of halogens is 1. The van der Waals surface area contributed by atoms with Crippen molar-refractivity contribution in [3.8, 4) is 5.88 Å². The molecule has 0 atom stereocenters. The van der Waals surface area contributed by atoms with Crippen molar-refractivity contribution in [3.05, 3.63) is 77.5 Å². The van der Waals surface area contributed by atoms with Crippen molar-refractivity contribution in [2.75, 3.05) is 6.54 Å². The molecule has 0 saturated heterocycles. The largest absolute Gasteiger partial charge is 0.472 e. The third kappa shape index (κ3) is 3.42.